The van der Waals surface area contributed by atoms with E-state index < -0.39 is 28.3 Å². The molecule has 0 saturated carbocycles. The zero-order valence-electron chi connectivity index (χ0n) is 10.6. The number of nitrogens with one attached hydrogen (secondary N) is 2. The molecule has 0 aromatic rings. The van der Waals surface area contributed by atoms with Crippen LogP contribution in [0.2, 0.25) is 0 Å². The van der Waals surface area contributed by atoms with Gasteiger partial charge in [-0.25, -0.2) is 9.59 Å². The number of carboxylic acids is 1. The Bertz CT molecular complexity index is 321. The molecule has 6 nitrogen and oxygen atoms in total. The van der Waals surface area contributed by atoms with Gasteiger partial charge in [-0.05, 0) is 20.3 Å². The summed E-state index contributed by atoms with van der Waals surface area (Å²) in [5.41, 5.74) is -1.28. The molecule has 2 amide bonds. The van der Waals surface area contributed by atoms with Crippen LogP contribution in [0.25, 0.3) is 0 Å². The second-order valence-corrected chi connectivity index (χ2v) is 5.71. The number of hydrogen-bond donors (Lipinski definition) is 3. The van der Waals surface area contributed by atoms with E-state index >= 15 is 0 Å². The number of rotatable bonds is 6. The van der Waals surface area contributed by atoms with Crippen molar-refractivity contribution < 1.29 is 18.9 Å². The van der Waals surface area contributed by atoms with Gasteiger partial charge >= 0.3 is 12.0 Å². The number of carbonyl (C=O) groups is 2. The number of hydrogen-bond acceptors (Lipinski definition) is 3. The van der Waals surface area contributed by atoms with Gasteiger partial charge in [0, 0.05) is 28.9 Å². The van der Waals surface area contributed by atoms with Crippen molar-refractivity contribution in [3.05, 3.63) is 0 Å². The van der Waals surface area contributed by atoms with Gasteiger partial charge in [0.05, 0.1) is 0 Å². The summed E-state index contributed by atoms with van der Waals surface area (Å²) in [6, 6.07) is -0.828. The molecule has 3 N–H and O–H groups in total. The molecular weight excluding hydrogens is 244 g/mol. The smallest absolute Gasteiger partial charge is 0.329 e. The summed E-state index contributed by atoms with van der Waals surface area (Å²) in [4.78, 5) is 22.5. The van der Waals surface area contributed by atoms with E-state index in [9.17, 15) is 13.8 Å². The minimum atomic E-state index is -1.28. The normalized spacial score (nSPS) is 17.6. The summed E-state index contributed by atoms with van der Waals surface area (Å²) in [5, 5.41) is 13.9. The highest BCUT2D eigenvalue weighted by molar-refractivity contribution is 7.84. The highest BCUT2D eigenvalue weighted by Gasteiger charge is 2.32. The van der Waals surface area contributed by atoms with Gasteiger partial charge in [-0.15, -0.1) is 0 Å². The fourth-order valence-electron chi connectivity index (χ4n) is 1.20. The van der Waals surface area contributed by atoms with Gasteiger partial charge in [-0.2, -0.15) is 0 Å². The predicted molar refractivity (Wildman–Crippen MR) is 66.4 cm³/mol. The summed E-state index contributed by atoms with van der Waals surface area (Å²) in [7, 11) is -1.00. The van der Waals surface area contributed by atoms with Crippen LogP contribution >= 0.6 is 0 Å². The first kappa shape index (κ1) is 15.9. The molecule has 0 aliphatic rings. The number of carbonyl (C=O) groups excluding carboxylic acids is 1. The van der Waals surface area contributed by atoms with Crippen LogP contribution in [0.5, 0.6) is 0 Å². The average Bonchev–Trinajstić information content (AvgIpc) is 2.15. The molecule has 3 unspecified atom stereocenters. The SMILES string of the molecule is CCC(C)(NC(=O)NC(C)CS(C)=O)C(=O)O. The highest BCUT2D eigenvalue weighted by atomic mass is 32.2. The summed E-state index contributed by atoms with van der Waals surface area (Å²) < 4.78 is 10.9. The van der Waals surface area contributed by atoms with Crippen molar-refractivity contribution in [3.63, 3.8) is 0 Å². The molecule has 3 atom stereocenters. The number of carboxylic acid groups (broad SMARTS) is 1. The largest absolute Gasteiger partial charge is 0.480 e. The Balaban J connectivity index is 4.35. The van der Waals surface area contributed by atoms with Crippen molar-refractivity contribution in [1.82, 2.24) is 10.6 Å². The summed E-state index contributed by atoms with van der Waals surface area (Å²) in [5.74, 6) is -0.745. The van der Waals surface area contributed by atoms with Crippen molar-refractivity contribution in [2.75, 3.05) is 12.0 Å². The molecule has 0 saturated heterocycles. The van der Waals surface area contributed by atoms with E-state index in [2.05, 4.69) is 10.6 Å². The topological polar surface area (TPSA) is 95.5 Å². The van der Waals surface area contributed by atoms with E-state index in [1.165, 1.54) is 6.92 Å². The first-order valence-electron chi connectivity index (χ1n) is 5.33. The molecule has 0 aromatic heterocycles. The van der Waals surface area contributed by atoms with Crippen molar-refractivity contribution in [1.29, 1.82) is 0 Å². The molecule has 0 fully saturated rings. The van der Waals surface area contributed by atoms with Gasteiger partial charge in [-0.1, -0.05) is 6.92 Å². The maximum Gasteiger partial charge on any atom is 0.329 e. The lowest BCUT2D eigenvalue weighted by molar-refractivity contribution is -0.143. The number of aliphatic carboxylic acids is 1. The standard InChI is InChI=1S/C10H20N2O4S/c1-5-10(3,8(13)14)12-9(15)11-7(2)6-17(4)16/h7H,5-6H2,1-4H3,(H,13,14)(H2,11,12,15). The van der Waals surface area contributed by atoms with E-state index in [4.69, 9.17) is 5.11 Å². The number of amides is 2. The molecule has 17 heavy (non-hydrogen) atoms. The first-order chi connectivity index (χ1) is 7.71. The van der Waals surface area contributed by atoms with Gasteiger partial charge in [0.25, 0.3) is 0 Å². The predicted octanol–water partition coefficient (Wildman–Crippen LogP) is 0.306. The van der Waals surface area contributed by atoms with E-state index in [-0.39, 0.29) is 12.5 Å². The fraction of sp³-hybridized carbons (Fsp3) is 0.800. The minimum Gasteiger partial charge on any atom is -0.480 e. The molecule has 100 valence electrons. The average molecular weight is 264 g/mol. The van der Waals surface area contributed by atoms with Crippen LogP contribution in [0, 0.1) is 0 Å². The lowest BCUT2D eigenvalue weighted by Crippen LogP contribution is -2.56. The Kier molecular flexibility index (Phi) is 6.15. The third-order valence-corrected chi connectivity index (χ3v) is 3.40. The van der Waals surface area contributed by atoms with Crippen LogP contribution < -0.4 is 10.6 Å². The van der Waals surface area contributed by atoms with Crippen LogP contribution in [-0.4, -0.2) is 44.9 Å². The van der Waals surface area contributed by atoms with Gasteiger partial charge in [-0.3, -0.25) is 4.21 Å². The quantitative estimate of drug-likeness (QED) is 0.643. The first-order valence-corrected chi connectivity index (χ1v) is 7.06. The van der Waals surface area contributed by atoms with Gasteiger partial charge in [0.15, 0.2) is 0 Å². The van der Waals surface area contributed by atoms with E-state index in [0.29, 0.717) is 5.75 Å². The number of urea groups is 1. The second kappa shape index (κ2) is 6.58. The molecule has 7 heteroatoms. The Hall–Kier alpha value is -1.11. The Morgan fingerprint density at radius 3 is 2.35 bits per heavy atom. The highest BCUT2D eigenvalue weighted by Crippen LogP contribution is 2.08. The molecule has 0 aliphatic heterocycles. The molecule has 0 spiro atoms. The van der Waals surface area contributed by atoms with Gasteiger partial charge < -0.3 is 15.7 Å². The summed E-state index contributed by atoms with van der Waals surface area (Å²) in [6.07, 6.45) is 1.83. The molecule has 0 radical (unpaired) electrons. The minimum absolute atomic E-state index is 0.268. The third kappa shape index (κ3) is 5.67. The van der Waals surface area contributed by atoms with Gasteiger partial charge in [0.1, 0.15) is 5.54 Å². The molecule has 0 bridgehead atoms. The van der Waals surface area contributed by atoms with Crippen LogP contribution in [0.3, 0.4) is 0 Å². The maximum absolute atomic E-state index is 11.5. The monoisotopic (exact) mass is 264 g/mol. The molecular formula is C10H20N2O4S. The van der Waals surface area contributed by atoms with Crippen LogP contribution in [0.4, 0.5) is 4.79 Å². The summed E-state index contributed by atoms with van der Waals surface area (Å²) >= 11 is 0. The van der Waals surface area contributed by atoms with E-state index in [0.717, 1.165) is 0 Å². The lowest BCUT2D eigenvalue weighted by Gasteiger charge is -2.25. The van der Waals surface area contributed by atoms with Crippen molar-refractivity contribution in [3.8, 4) is 0 Å². The summed E-state index contributed by atoms with van der Waals surface area (Å²) in [6.45, 7) is 4.83. The molecule has 0 heterocycles. The molecule has 0 rings (SSSR count). The maximum atomic E-state index is 11.5. The van der Waals surface area contributed by atoms with E-state index in [1.807, 2.05) is 0 Å². The van der Waals surface area contributed by atoms with Crippen LogP contribution in [0.15, 0.2) is 0 Å². The zero-order chi connectivity index (χ0) is 13.6. The lowest BCUT2D eigenvalue weighted by atomic mass is 10.00. The van der Waals surface area contributed by atoms with Crippen LogP contribution in [-0.2, 0) is 15.6 Å². The van der Waals surface area contributed by atoms with E-state index in [1.54, 1.807) is 20.1 Å². The Morgan fingerprint density at radius 2 is 2.00 bits per heavy atom. The zero-order valence-corrected chi connectivity index (χ0v) is 11.4. The van der Waals surface area contributed by atoms with Crippen molar-refractivity contribution in [2.24, 2.45) is 0 Å². The fourth-order valence-corrected chi connectivity index (χ4v) is 1.98. The third-order valence-electron chi connectivity index (χ3n) is 2.43. The molecule has 0 aromatic carbocycles. The molecule has 0 aliphatic carbocycles. The Labute approximate surface area is 104 Å². The van der Waals surface area contributed by atoms with Crippen LogP contribution in [0.1, 0.15) is 27.2 Å². The van der Waals surface area contributed by atoms with Crippen molar-refractivity contribution in [2.45, 2.75) is 38.8 Å². The second-order valence-electron chi connectivity index (χ2n) is 4.23. The van der Waals surface area contributed by atoms with Crippen molar-refractivity contribution >= 4 is 22.8 Å². The Morgan fingerprint density at radius 1 is 1.47 bits per heavy atom. The van der Waals surface area contributed by atoms with Gasteiger partial charge in [0.2, 0.25) is 0 Å².